The van der Waals surface area contributed by atoms with Gasteiger partial charge in [-0.2, -0.15) is 0 Å². The van der Waals surface area contributed by atoms with Gasteiger partial charge >= 0.3 is 0 Å². The number of carbonyl (C=O) groups is 2. The van der Waals surface area contributed by atoms with Gasteiger partial charge in [0.1, 0.15) is 17.6 Å². The van der Waals surface area contributed by atoms with Gasteiger partial charge < -0.3 is 15.0 Å². The molecule has 1 aliphatic rings. The summed E-state index contributed by atoms with van der Waals surface area (Å²) < 4.78 is 18.8. The van der Waals surface area contributed by atoms with Gasteiger partial charge in [0.25, 0.3) is 5.91 Å². The van der Waals surface area contributed by atoms with Gasteiger partial charge in [0.05, 0.1) is 4.47 Å². The zero-order valence-corrected chi connectivity index (χ0v) is 13.2. The second-order valence-corrected chi connectivity index (χ2v) is 5.52. The van der Waals surface area contributed by atoms with Crippen LogP contribution in [0.1, 0.15) is 13.3 Å². The maximum atomic E-state index is 13.0. The molecule has 21 heavy (non-hydrogen) atoms. The van der Waals surface area contributed by atoms with E-state index < -0.39 is 6.04 Å². The van der Waals surface area contributed by atoms with Crippen molar-refractivity contribution in [3.63, 3.8) is 0 Å². The van der Waals surface area contributed by atoms with Crippen molar-refractivity contribution in [1.29, 1.82) is 0 Å². The summed E-state index contributed by atoms with van der Waals surface area (Å²) in [5.41, 5.74) is 0. The third-order valence-corrected chi connectivity index (χ3v) is 3.90. The Morgan fingerprint density at radius 3 is 3.00 bits per heavy atom. The number of hydrogen-bond acceptors (Lipinski definition) is 3. The van der Waals surface area contributed by atoms with E-state index in [1.807, 2.05) is 6.92 Å². The zero-order valence-electron chi connectivity index (χ0n) is 11.6. The fourth-order valence-electron chi connectivity index (χ4n) is 2.23. The minimum absolute atomic E-state index is 0.139. The summed E-state index contributed by atoms with van der Waals surface area (Å²) >= 11 is 3.17. The van der Waals surface area contributed by atoms with Crippen LogP contribution in [0.25, 0.3) is 0 Å². The topological polar surface area (TPSA) is 58.6 Å². The Balaban J connectivity index is 1.99. The van der Waals surface area contributed by atoms with Crippen LogP contribution in [0.3, 0.4) is 0 Å². The van der Waals surface area contributed by atoms with E-state index in [0.717, 1.165) is 0 Å². The van der Waals surface area contributed by atoms with Crippen LogP contribution in [0.2, 0.25) is 0 Å². The number of hydrogen-bond donors (Lipinski definition) is 1. The molecule has 1 fully saturated rings. The number of piperazine rings is 1. The standard InChI is InChI=1S/C14H16BrFN2O3/c1-2-11-14(20)17-5-6-18(11)13(19)8-21-12-4-3-9(16)7-10(12)15/h3-4,7,11H,2,5-6,8H2,1H3,(H,17,20). The molecule has 2 amide bonds. The summed E-state index contributed by atoms with van der Waals surface area (Å²) in [5.74, 6) is -0.397. The zero-order chi connectivity index (χ0) is 15.4. The van der Waals surface area contributed by atoms with E-state index in [4.69, 9.17) is 4.74 Å². The van der Waals surface area contributed by atoms with Crippen molar-refractivity contribution < 1.29 is 18.7 Å². The van der Waals surface area contributed by atoms with Crippen molar-refractivity contribution in [2.24, 2.45) is 0 Å². The van der Waals surface area contributed by atoms with Gasteiger partial charge in [0, 0.05) is 13.1 Å². The van der Waals surface area contributed by atoms with E-state index in [9.17, 15) is 14.0 Å². The SMILES string of the molecule is CCC1C(=O)NCCN1C(=O)COc1ccc(F)cc1Br. The van der Waals surface area contributed by atoms with E-state index in [1.54, 1.807) is 0 Å². The van der Waals surface area contributed by atoms with Crippen LogP contribution in [-0.2, 0) is 9.59 Å². The molecule has 2 rings (SSSR count). The first-order valence-corrected chi connectivity index (χ1v) is 7.47. The average Bonchev–Trinajstić information content (AvgIpc) is 2.45. The van der Waals surface area contributed by atoms with Gasteiger partial charge in [-0.15, -0.1) is 0 Å². The lowest BCUT2D eigenvalue weighted by Gasteiger charge is -2.34. The molecule has 1 N–H and O–H groups in total. The Labute approximate surface area is 130 Å². The predicted octanol–water partition coefficient (Wildman–Crippen LogP) is 1.70. The Morgan fingerprint density at radius 2 is 2.33 bits per heavy atom. The Bertz CT molecular complexity index is 553. The molecule has 1 aromatic rings. The number of carbonyl (C=O) groups excluding carboxylic acids is 2. The highest BCUT2D eigenvalue weighted by Crippen LogP contribution is 2.25. The quantitative estimate of drug-likeness (QED) is 0.891. The fraction of sp³-hybridized carbons (Fsp3) is 0.429. The Morgan fingerprint density at radius 1 is 1.57 bits per heavy atom. The Kier molecular flexibility index (Phi) is 5.17. The first-order chi connectivity index (χ1) is 10.0. The lowest BCUT2D eigenvalue weighted by molar-refractivity contribution is -0.144. The largest absolute Gasteiger partial charge is 0.483 e. The third kappa shape index (κ3) is 3.72. The summed E-state index contributed by atoms with van der Waals surface area (Å²) in [7, 11) is 0. The molecule has 1 unspecified atom stereocenters. The second-order valence-electron chi connectivity index (χ2n) is 4.67. The first kappa shape index (κ1) is 15.8. The summed E-state index contributed by atoms with van der Waals surface area (Å²) in [6.45, 7) is 2.58. The number of nitrogens with zero attached hydrogens (tertiary/aromatic N) is 1. The van der Waals surface area contributed by atoms with Gasteiger partial charge in [-0.3, -0.25) is 9.59 Å². The molecule has 5 nitrogen and oxygen atoms in total. The third-order valence-electron chi connectivity index (χ3n) is 3.28. The van der Waals surface area contributed by atoms with Crippen molar-refractivity contribution in [3.05, 3.63) is 28.5 Å². The maximum absolute atomic E-state index is 13.0. The fourth-order valence-corrected chi connectivity index (χ4v) is 2.70. The molecule has 1 atom stereocenters. The number of amides is 2. The van der Waals surface area contributed by atoms with Gasteiger partial charge in [0.15, 0.2) is 6.61 Å². The first-order valence-electron chi connectivity index (χ1n) is 6.68. The van der Waals surface area contributed by atoms with Crippen LogP contribution in [0.5, 0.6) is 5.75 Å². The number of ether oxygens (including phenoxy) is 1. The van der Waals surface area contributed by atoms with Crippen molar-refractivity contribution in [2.75, 3.05) is 19.7 Å². The summed E-state index contributed by atoms with van der Waals surface area (Å²) in [6.07, 6.45) is 0.553. The molecule has 1 heterocycles. The molecule has 1 saturated heterocycles. The van der Waals surface area contributed by atoms with Crippen LogP contribution in [0.4, 0.5) is 4.39 Å². The highest BCUT2D eigenvalue weighted by molar-refractivity contribution is 9.10. The average molecular weight is 359 g/mol. The van der Waals surface area contributed by atoms with E-state index in [2.05, 4.69) is 21.2 Å². The molecule has 0 aromatic heterocycles. The molecular formula is C14H16BrFN2O3. The Hall–Kier alpha value is -1.63. The molecule has 7 heteroatoms. The molecule has 114 valence electrons. The van der Waals surface area contributed by atoms with Crippen LogP contribution < -0.4 is 10.1 Å². The number of benzene rings is 1. The number of rotatable bonds is 4. The molecular weight excluding hydrogens is 343 g/mol. The summed E-state index contributed by atoms with van der Waals surface area (Å²) in [5, 5.41) is 2.73. The van der Waals surface area contributed by atoms with Gasteiger partial charge in [-0.25, -0.2) is 4.39 Å². The van der Waals surface area contributed by atoms with E-state index in [-0.39, 0.29) is 24.2 Å². The smallest absolute Gasteiger partial charge is 0.261 e. The van der Waals surface area contributed by atoms with Crippen molar-refractivity contribution in [2.45, 2.75) is 19.4 Å². The molecule has 0 aliphatic carbocycles. The van der Waals surface area contributed by atoms with Crippen LogP contribution in [0.15, 0.2) is 22.7 Å². The highest BCUT2D eigenvalue weighted by atomic mass is 79.9. The monoisotopic (exact) mass is 358 g/mol. The number of halogens is 2. The van der Waals surface area contributed by atoms with Crippen LogP contribution in [-0.4, -0.2) is 42.5 Å². The van der Waals surface area contributed by atoms with Crippen molar-refractivity contribution in [1.82, 2.24) is 10.2 Å². The van der Waals surface area contributed by atoms with Gasteiger partial charge in [-0.05, 0) is 40.5 Å². The lowest BCUT2D eigenvalue weighted by Crippen LogP contribution is -2.57. The van der Waals surface area contributed by atoms with E-state index in [1.165, 1.54) is 23.1 Å². The second kappa shape index (κ2) is 6.89. The minimum atomic E-state index is -0.452. The number of nitrogens with one attached hydrogen (secondary N) is 1. The molecule has 1 aromatic carbocycles. The molecule has 0 saturated carbocycles. The molecule has 0 radical (unpaired) electrons. The summed E-state index contributed by atoms with van der Waals surface area (Å²) in [6, 6.07) is 3.52. The maximum Gasteiger partial charge on any atom is 0.261 e. The van der Waals surface area contributed by atoms with E-state index in [0.29, 0.717) is 29.7 Å². The van der Waals surface area contributed by atoms with E-state index >= 15 is 0 Å². The lowest BCUT2D eigenvalue weighted by atomic mass is 10.1. The van der Waals surface area contributed by atoms with Crippen LogP contribution >= 0.6 is 15.9 Å². The highest BCUT2D eigenvalue weighted by Gasteiger charge is 2.31. The van der Waals surface area contributed by atoms with Gasteiger partial charge in [0.2, 0.25) is 5.91 Å². The molecule has 0 bridgehead atoms. The molecule has 0 spiro atoms. The van der Waals surface area contributed by atoms with Crippen molar-refractivity contribution in [3.8, 4) is 5.75 Å². The minimum Gasteiger partial charge on any atom is -0.483 e. The molecule has 1 aliphatic heterocycles. The normalized spacial score (nSPS) is 18.3. The predicted molar refractivity (Wildman–Crippen MR) is 78.4 cm³/mol. The summed E-state index contributed by atoms with van der Waals surface area (Å²) in [4.78, 5) is 25.4. The van der Waals surface area contributed by atoms with Crippen molar-refractivity contribution >= 4 is 27.7 Å². The van der Waals surface area contributed by atoms with Gasteiger partial charge in [-0.1, -0.05) is 6.92 Å². The van der Waals surface area contributed by atoms with Crippen LogP contribution in [0, 0.1) is 5.82 Å².